The van der Waals surface area contributed by atoms with Gasteiger partial charge in [0.1, 0.15) is 30.3 Å². The average Bonchev–Trinajstić information content (AvgIpc) is 3.20. The fourth-order valence-electron chi connectivity index (χ4n) is 9.66. The number of hydrogen-bond acceptors (Lipinski definition) is 13. The van der Waals surface area contributed by atoms with Crippen LogP contribution in [0.5, 0.6) is 0 Å². The lowest BCUT2D eigenvalue weighted by Crippen LogP contribution is -2.65. The molecule has 3 heterocycles. The van der Waals surface area contributed by atoms with E-state index in [1.807, 2.05) is 32.9 Å². The van der Waals surface area contributed by atoms with Gasteiger partial charge in [0.25, 0.3) is 11.7 Å². The topological polar surface area (TPSA) is 188 Å². The summed E-state index contributed by atoms with van der Waals surface area (Å²) in [7, 11) is 5.98. The smallest absolute Gasteiger partial charge is 0.329 e. The molecule has 0 aromatic carbocycles. The largest absolute Gasteiger partial charge is 0.456 e. The van der Waals surface area contributed by atoms with Crippen LogP contribution in [0.4, 0.5) is 0 Å². The second-order valence-electron chi connectivity index (χ2n) is 17.5. The molecule has 1 aliphatic carbocycles. The molecule has 0 aromatic rings. The number of esters is 1. The van der Waals surface area contributed by atoms with Gasteiger partial charge in [-0.1, -0.05) is 45.4 Å². The van der Waals surface area contributed by atoms with Crippen LogP contribution in [0.2, 0.25) is 0 Å². The highest BCUT2D eigenvalue weighted by Gasteiger charge is 2.57. The molecule has 3 fully saturated rings. The molecule has 2 bridgehead atoms. The van der Waals surface area contributed by atoms with E-state index in [1.54, 1.807) is 27.9 Å². The fourth-order valence-corrected chi connectivity index (χ4v) is 9.66. The molecule has 4 rings (SSSR count). The van der Waals surface area contributed by atoms with E-state index in [-0.39, 0.29) is 43.0 Å². The highest BCUT2D eigenvalue weighted by molar-refractivity contribution is 6.39. The molecule has 3 N–H and O–H groups in total. The number of amides is 1. The number of rotatable bonds is 7. The summed E-state index contributed by atoms with van der Waals surface area (Å²) >= 11 is 0. The summed E-state index contributed by atoms with van der Waals surface area (Å²) in [6.45, 7) is 11.1. The summed E-state index contributed by atoms with van der Waals surface area (Å²) in [5.74, 6) is -7.99. The summed E-state index contributed by atoms with van der Waals surface area (Å²) in [6.07, 6.45) is 1.91. The fraction of sp³-hybridized carbons (Fsp3) is 0.818. The van der Waals surface area contributed by atoms with Gasteiger partial charge in [0.2, 0.25) is 5.79 Å². The van der Waals surface area contributed by atoms with Crippen molar-refractivity contribution in [3.8, 4) is 0 Å². The van der Waals surface area contributed by atoms with Gasteiger partial charge in [-0.25, -0.2) is 4.79 Å². The lowest BCUT2D eigenvalue weighted by molar-refractivity contribution is -0.303. The molecule has 0 unspecified atom stereocenters. The van der Waals surface area contributed by atoms with Crippen LogP contribution in [0.3, 0.4) is 0 Å². The van der Waals surface area contributed by atoms with E-state index in [9.17, 15) is 34.5 Å². The molecule has 1 amide bonds. The Morgan fingerprint density at radius 1 is 0.879 bits per heavy atom. The highest BCUT2D eigenvalue weighted by Crippen LogP contribution is 2.40. The number of aliphatic hydroxyl groups excluding tert-OH is 2. The first kappa shape index (κ1) is 48.1. The molecule has 0 spiro atoms. The van der Waals surface area contributed by atoms with E-state index in [2.05, 4.69) is 0 Å². The van der Waals surface area contributed by atoms with E-state index in [0.29, 0.717) is 56.9 Å². The zero-order chi connectivity index (χ0) is 43.1. The number of nitrogens with zero attached hydrogens (tertiary/aromatic N) is 1. The number of carbonyl (C=O) groups is 4. The molecule has 4 aliphatic rings. The summed E-state index contributed by atoms with van der Waals surface area (Å²) in [6, 6.07) is -1.27. The van der Waals surface area contributed by atoms with E-state index < -0.39 is 90.1 Å². The standard InChI is InChI=1S/C44H71NO13/c1-11-30-18-24(2)17-25(3)19-36(54-8)40-37(55-9)21-27(5)44(52,58-40)41(49)42(50)45-31(13-12-14-38(45)56-10)43(51)57-39(28(6)33(47)23-34(30)48)26(4)20-29-15-16-32(46)35(22-29)53-7/h18,20,25,27-33,35-40,46-47,52H,11-17,19,21-23H2,1-10H3/b24-18+,26-20+/t25-,27+,28+,29-,30+,31-,32+,33-,35+,36-,37-,38-,39+,40+,44+/m0/s1. The van der Waals surface area contributed by atoms with Gasteiger partial charge in [-0.2, -0.15) is 0 Å². The molecule has 330 valence electrons. The van der Waals surface area contributed by atoms with E-state index in [0.717, 1.165) is 10.5 Å². The number of ketones is 2. The van der Waals surface area contributed by atoms with Crippen LogP contribution in [0.25, 0.3) is 0 Å². The first-order valence-electron chi connectivity index (χ1n) is 21.3. The molecule has 1 saturated carbocycles. The van der Waals surface area contributed by atoms with Crippen molar-refractivity contribution in [2.24, 2.45) is 29.6 Å². The minimum absolute atomic E-state index is 0.0151. The minimum Gasteiger partial charge on any atom is -0.456 e. The van der Waals surface area contributed by atoms with Crippen molar-refractivity contribution in [3.05, 3.63) is 23.3 Å². The Kier molecular flexibility index (Phi) is 17.7. The molecule has 14 heteroatoms. The van der Waals surface area contributed by atoms with E-state index >= 15 is 0 Å². The SMILES string of the molecule is CC[C@@H]1/C=C(\C)C[C@H](C)C[C@H](OC)[C@H]2O[C@@](O)(C(=O)C(=O)N3[C@@H](OC)CCC[C@H]3C(=O)O[C@H](/C(C)=C/[C@@H]3CC[C@@H](O)[C@H](OC)C3)[C@H](C)[C@@H](O)CC1=O)[C@H](C)C[C@@H]2OC. The molecule has 3 aliphatic heterocycles. The van der Waals surface area contributed by atoms with Gasteiger partial charge in [0.05, 0.1) is 30.5 Å². The number of allylic oxidation sites excluding steroid dienone is 3. The van der Waals surface area contributed by atoms with Gasteiger partial charge in [-0.3, -0.25) is 19.3 Å². The number of aliphatic hydroxyl groups is 3. The van der Waals surface area contributed by atoms with Crippen LogP contribution < -0.4 is 0 Å². The number of carbonyl (C=O) groups excluding carboxylic acids is 4. The number of Topliss-reactive ketones (excluding diaryl/α,β-unsaturated/α-hetero) is 2. The van der Waals surface area contributed by atoms with Gasteiger partial charge in [-0.05, 0) is 95.5 Å². The second kappa shape index (κ2) is 21.3. The molecule has 0 radical (unpaired) electrons. The van der Waals surface area contributed by atoms with Gasteiger partial charge in [-0.15, -0.1) is 0 Å². The van der Waals surface area contributed by atoms with Crippen LogP contribution in [-0.2, 0) is 47.6 Å². The lowest BCUT2D eigenvalue weighted by Gasteiger charge is -2.47. The Bertz CT molecular complexity index is 1480. The summed E-state index contributed by atoms with van der Waals surface area (Å²) < 4.78 is 35.5. The summed E-state index contributed by atoms with van der Waals surface area (Å²) in [4.78, 5) is 58.3. The number of methoxy groups -OCH3 is 4. The monoisotopic (exact) mass is 821 g/mol. The van der Waals surface area contributed by atoms with Crippen LogP contribution in [0.1, 0.15) is 112 Å². The van der Waals surface area contributed by atoms with Crippen molar-refractivity contribution in [1.82, 2.24) is 4.90 Å². The van der Waals surface area contributed by atoms with Crippen molar-refractivity contribution in [2.45, 2.75) is 173 Å². The Balaban J connectivity index is 1.81. The maximum absolute atomic E-state index is 14.5. The molecule has 15 atom stereocenters. The molecule has 0 aromatic heterocycles. The first-order chi connectivity index (χ1) is 27.4. The normalized spacial score (nSPS) is 41.8. The van der Waals surface area contributed by atoms with Crippen molar-refractivity contribution in [2.75, 3.05) is 28.4 Å². The number of piperidine rings is 1. The quantitative estimate of drug-likeness (QED) is 0.186. The van der Waals surface area contributed by atoms with Crippen molar-refractivity contribution in [1.29, 1.82) is 0 Å². The molecule has 14 nitrogen and oxygen atoms in total. The zero-order valence-electron chi connectivity index (χ0n) is 36.4. The Morgan fingerprint density at radius 3 is 2.16 bits per heavy atom. The van der Waals surface area contributed by atoms with Crippen LogP contribution in [-0.4, -0.2) is 133 Å². The van der Waals surface area contributed by atoms with Crippen LogP contribution >= 0.6 is 0 Å². The Hall–Kier alpha value is -2.56. The van der Waals surface area contributed by atoms with Crippen molar-refractivity contribution >= 4 is 23.4 Å². The van der Waals surface area contributed by atoms with Crippen molar-refractivity contribution < 1.29 is 62.9 Å². The van der Waals surface area contributed by atoms with Gasteiger partial charge >= 0.3 is 5.97 Å². The predicted molar refractivity (Wildman–Crippen MR) is 214 cm³/mol. The van der Waals surface area contributed by atoms with Crippen LogP contribution in [0.15, 0.2) is 23.3 Å². The summed E-state index contributed by atoms with van der Waals surface area (Å²) in [5.41, 5.74) is 1.62. The predicted octanol–water partition coefficient (Wildman–Crippen LogP) is 4.45. The maximum Gasteiger partial charge on any atom is 0.329 e. The third kappa shape index (κ3) is 11.0. The second-order valence-corrected chi connectivity index (χ2v) is 17.5. The third-order valence-corrected chi connectivity index (χ3v) is 13.2. The minimum atomic E-state index is -2.57. The molecular weight excluding hydrogens is 750 g/mol. The molecular formula is C44H71NO13. The van der Waals surface area contributed by atoms with Gasteiger partial charge in [0, 0.05) is 52.6 Å². The van der Waals surface area contributed by atoms with Crippen LogP contribution in [0, 0.1) is 29.6 Å². The summed E-state index contributed by atoms with van der Waals surface area (Å²) in [5, 5.41) is 34.3. The number of hydrogen-bond donors (Lipinski definition) is 3. The van der Waals surface area contributed by atoms with Crippen molar-refractivity contribution in [3.63, 3.8) is 0 Å². The Morgan fingerprint density at radius 2 is 1.53 bits per heavy atom. The third-order valence-electron chi connectivity index (χ3n) is 13.2. The average molecular weight is 822 g/mol. The maximum atomic E-state index is 14.5. The Labute approximate surface area is 344 Å². The van der Waals surface area contributed by atoms with Gasteiger partial charge in [0.15, 0.2) is 0 Å². The number of cyclic esters (lactones) is 1. The number of fused-ring (bicyclic) bond motifs is 3. The van der Waals surface area contributed by atoms with E-state index in [1.165, 1.54) is 21.3 Å². The van der Waals surface area contributed by atoms with E-state index in [4.69, 9.17) is 28.4 Å². The first-order valence-corrected chi connectivity index (χ1v) is 21.3. The lowest BCUT2D eigenvalue weighted by atomic mass is 9.81. The zero-order valence-corrected chi connectivity index (χ0v) is 36.4. The highest BCUT2D eigenvalue weighted by atomic mass is 16.7. The van der Waals surface area contributed by atoms with Gasteiger partial charge < -0.3 is 43.7 Å². The number of ether oxygens (including phenoxy) is 6. The molecule has 58 heavy (non-hydrogen) atoms. The molecule has 2 saturated heterocycles.